The molecule has 0 bridgehead atoms. The third kappa shape index (κ3) is 5.47. The molecule has 34 heavy (non-hydrogen) atoms. The minimum atomic E-state index is -3.48. The Morgan fingerprint density at radius 2 is 1.65 bits per heavy atom. The van der Waals surface area contributed by atoms with E-state index >= 15 is 0 Å². The largest absolute Gasteiger partial charge is 0.478 e. The molecule has 1 heterocycles. The standard InChI is InChI=1S/C25H31NO6S2/c1-15-11-18(12-16(2)23(15)32-25(3,4)24(28)29)20-13-26(34(6,30)31)14-21(20)22(27)17-7-9-19(33-5)10-8-17/h7-12,20-21H,13-14H2,1-6H3,(H,28,29)/t20-,21?/m1/s1. The summed E-state index contributed by atoms with van der Waals surface area (Å²) in [6.45, 7) is 6.95. The number of hydrogen-bond donors (Lipinski definition) is 1. The van der Waals surface area contributed by atoms with Crippen LogP contribution in [0, 0.1) is 19.8 Å². The number of aryl methyl sites for hydroxylation is 2. The second-order valence-corrected chi connectivity index (χ2v) is 12.1. The number of carbonyl (C=O) groups is 2. The highest BCUT2D eigenvalue weighted by Gasteiger charge is 2.42. The molecule has 0 aliphatic carbocycles. The van der Waals surface area contributed by atoms with E-state index in [0.29, 0.717) is 11.3 Å². The van der Waals surface area contributed by atoms with Crippen LogP contribution in [0.1, 0.15) is 46.8 Å². The molecule has 1 unspecified atom stereocenters. The lowest BCUT2D eigenvalue weighted by atomic mass is 9.82. The van der Waals surface area contributed by atoms with Gasteiger partial charge in [-0.15, -0.1) is 11.8 Å². The molecule has 1 aliphatic heterocycles. The number of carboxylic acids is 1. The molecule has 0 spiro atoms. The lowest BCUT2D eigenvalue weighted by Crippen LogP contribution is -2.38. The zero-order valence-electron chi connectivity index (χ0n) is 20.3. The fraction of sp³-hybridized carbons (Fsp3) is 0.440. The number of sulfonamides is 1. The summed E-state index contributed by atoms with van der Waals surface area (Å²) in [5.74, 6) is -1.55. The van der Waals surface area contributed by atoms with Crippen molar-refractivity contribution in [3.8, 4) is 5.75 Å². The van der Waals surface area contributed by atoms with Gasteiger partial charge >= 0.3 is 5.97 Å². The van der Waals surface area contributed by atoms with Crippen LogP contribution in [-0.4, -0.2) is 60.8 Å². The number of aliphatic carboxylic acids is 1. The van der Waals surface area contributed by atoms with Crippen LogP contribution >= 0.6 is 11.8 Å². The summed E-state index contributed by atoms with van der Waals surface area (Å²) in [7, 11) is -3.48. The fourth-order valence-electron chi connectivity index (χ4n) is 4.27. The Morgan fingerprint density at radius 3 is 2.12 bits per heavy atom. The van der Waals surface area contributed by atoms with E-state index in [1.54, 1.807) is 23.9 Å². The first kappa shape index (κ1) is 26.2. The predicted molar refractivity (Wildman–Crippen MR) is 133 cm³/mol. The van der Waals surface area contributed by atoms with Crippen molar-refractivity contribution in [2.45, 2.75) is 44.1 Å². The molecule has 1 N–H and O–H groups in total. The highest BCUT2D eigenvalue weighted by molar-refractivity contribution is 7.98. The number of ether oxygens (including phenoxy) is 1. The van der Waals surface area contributed by atoms with Crippen molar-refractivity contribution in [3.05, 3.63) is 58.7 Å². The van der Waals surface area contributed by atoms with Crippen molar-refractivity contribution in [1.82, 2.24) is 4.31 Å². The second-order valence-electron chi connectivity index (χ2n) is 9.29. The topological polar surface area (TPSA) is 101 Å². The van der Waals surface area contributed by atoms with Gasteiger partial charge in [-0.25, -0.2) is 17.5 Å². The molecule has 1 fully saturated rings. The Hall–Kier alpha value is -2.36. The van der Waals surface area contributed by atoms with Crippen LogP contribution in [-0.2, 0) is 14.8 Å². The molecular formula is C25H31NO6S2. The first-order chi connectivity index (χ1) is 15.7. The van der Waals surface area contributed by atoms with Gasteiger partial charge in [-0.05, 0) is 62.8 Å². The number of ketones is 1. The number of hydrogen-bond acceptors (Lipinski definition) is 6. The van der Waals surface area contributed by atoms with E-state index in [4.69, 9.17) is 4.74 Å². The molecule has 1 saturated heterocycles. The molecule has 1 aliphatic rings. The van der Waals surface area contributed by atoms with Gasteiger partial charge in [0.25, 0.3) is 0 Å². The van der Waals surface area contributed by atoms with E-state index in [2.05, 4.69) is 0 Å². The molecule has 0 aromatic heterocycles. The van der Waals surface area contributed by atoms with Crippen molar-refractivity contribution in [2.24, 2.45) is 5.92 Å². The highest BCUT2D eigenvalue weighted by Crippen LogP contribution is 2.39. The third-order valence-corrected chi connectivity index (χ3v) is 8.23. The number of rotatable bonds is 8. The van der Waals surface area contributed by atoms with Crippen LogP contribution in [0.15, 0.2) is 41.3 Å². The second kappa shape index (κ2) is 9.71. The van der Waals surface area contributed by atoms with E-state index in [-0.39, 0.29) is 24.8 Å². The molecule has 2 atom stereocenters. The Morgan fingerprint density at radius 1 is 1.09 bits per heavy atom. The molecule has 7 nitrogen and oxygen atoms in total. The zero-order chi connectivity index (χ0) is 25.4. The van der Waals surface area contributed by atoms with Crippen molar-refractivity contribution in [2.75, 3.05) is 25.6 Å². The van der Waals surface area contributed by atoms with Crippen LogP contribution < -0.4 is 4.74 Å². The number of Topliss-reactive ketones (excluding diaryl/α,β-unsaturated/α-hetero) is 1. The van der Waals surface area contributed by atoms with Crippen molar-refractivity contribution < 1.29 is 27.9 Å². The van der Waals surface area contributed by atoms with E-state index in [0.717, 1.165) is 27.8 Å². The Kier molecular flexibility index (Phi) is 7.50. The summed E-state index contributed by atoms with van der Waals surface area (Å²) in [5, 5.41) is 9.43. The van der Waals surface area contributed by atoms with E-state index in [1.807, 2.05) is 44.4 Å². The number of carbonyl (C=O) groups excluding carboxylic acids is 1. The van der Waals surface area contributed by atoms with Gasteiger partial charge in [0.2, 0.25) is 10.0 Å². The molecule has 9 heteroatoms. The van der Waals surface area contributed by atoms with Crippen molar-refractivity contribution in [1.29, 1.82) is 0 Å². The first-order valence-electron chi connectivity index (χ1n) is 10.9. The van der Waals surface area contributed by atoms with Crippen molar-refractivity contribution in [3.63, 3.8) is 0 Å². The minimum Gasteiger partial charge on any atom is -0.478 e. The first-order valence-corrected chi connectivity index (χ1v) is 14.0. The predicted octanol–water partition coefficient (Wildman–Crippen LogP) is 4.13. The van der Waals surface area contributed by atoms with Gasteiger partial charge in [0.05, 0.1) is 6.26 Å². The van der Waals surface area contributed by atoms with Gasteiger partial charge in [-0.2, -0.15) is 0 Å². The van der Waals surface area contributed by atoms with Crippen molar-refractivity contribution >= 4 is 33.5 Å². The quantitative estimate of drug-likeness (QED) is 0.425. The number of nitrogens with zero attached hydrogens (tertiary/aromatic N) is 1. The van der Waals surface area contributed by atoms with Crippen LogP contribution in [0.5, 0.6) is 5.75 Å². The Bertz CT molecular complexity index is 1180. The van der Waals surface area contributed by atoms with E-state index < -0.39 is 27.5 Å². The summed E-state index contributed by atoms with van der Waals surface area (Å²) in [6, 6.07) is 11.1. The molecule has 3 rings (SSSR count). The molecule has 0 amide bonds. The fourth-order valence-corrected chi connectivity index (χ4v) is 5.54. The molecule has 0 saturated carbocycles. The zero-order valence-corrected chi connectivity index (χ0v) is 21.9. The smallest absolute Gasteiger partial charge is 0.347 e. The maximum absolute atomic E-state index is 13.5. The lowest BCUT2D eigenvalue weighted by Gasteiger charge is -2.26. The normalized spacial score (nSPS) is 19.2. The lowest BCUT2D eigenvalue weighted by molar-refractivity contribution is -0.152. The number of benzene rings is 2. The summed E-state index contributed by atoms with van der Waals surface area (Å²) in [5.41, 5.74) is 1.45. The molecular weight excluding hydrogens is 474 g/mol. The SMILES string of the molecule is CSc1ccc(C(=O)C2CN(S(C)(=O)=O)C[C@@H]2c2cc(C)c(OC(C)(C)C(=O)O)c(C)c2)cc1. The monoisotopic (exact) mass is 505 g/mol. The summed E-state index contributed by atoms with van der Waals surface area (Å²) in [4.78, 5) is 26.0. The number of thioether (sulfide) groups is 1. The van der Waals surface area contributed by atoms with Gasteiger partial charge in [-0.1, -0.05) is 24.3 Å². The van der Waals surface area contributed by atoms with Gasteiger partial charge in [0.1, 0.15) is 5.75 Å². The average molecular weight is 506 g/mol. The number of carboxylic acid groups (broad SMARTS) is 1. The van der Waals surface area contributed by atoms with Gasteiger partial charge in [0, 0.05) is 35.4 Å². The van der Waals surface area contributed by atoms with Gasteiger partial charge < -0.3 is 9.84 Å². The molecule has 0 radical (unpaired) electrons. The van der Waals surface area contributed by atoms with E-state index in [9.17, 15) is 23.1 Å². The maximum Gasteiger partial charge on any atom is 0.347 e. The van der Waals surface area contributed by atoms with Crippen LogP contribution in [0.2, 0.25) is 0 Å². The van der Waals surface area contributed by atoms with E-state index in [1.165, 1.54) is 18.2 Å². The maximum atomic E-state index is 13.5. The summed E-state index contributed by atoms with van der Waals surface area (Å²) >= 11 is 1.59. The van der Waals surface area contributed by atoms with Crippen LogP contribution in [0.25, 0.3) is 0 Å². The van der Waals surface area contributed by atoms with Gasteiger partial charge in [-0.3, -0.25) is 4.79 Å². The minimum absolute atomic E-state index is 0.0913. The summed E-state index contributed by atoms with van der Waals surface area (Å²) in [6.07, 6.45) is 3.12. The highest BCUT2D eigenvalue weighted by atomic mass is 32.2. The van der Waals surface area contributed by atoms with Crippen LogP contribution in [0.3, 0.4) is 0 Å². The summed E-state index contributed by atoms with van der Waals surface area (Å²) < 4.78 is 31.9. The third-order valence-electron chi connectivity index (χ3n) is 6.25. The van der Waals surface area contributed by atoms with Crippen LogP contribution in [0.4, 0.5) is 0 Å². The van der Waals surface area contributed by atoms with Gasteiger partial charge in [0.15, 0.2) is 11.4 Å². The Balaban J connectivity index is 2.00. The molecule has 2 aromatic carbocycles. The molecule has 2 aromatic rings. The Labute approximate surface area is 205 Å². The average Bonchev–Trinajstić information content (AvgIpc) is 3.21. The molecule has 184 valence electrons.